The normalized spacial score (nSPS) is 15.2. The molecule has 0 aliphatic heterocycles. The number of rotatable bonds is 7. The van der Waals surface area contributed by atoms with Gasteiger partial charge in [-0.25, -0.2) is 18.1 Å². The van der Waals surface area contributed by atoms with E-state index in [2.05, 4.69) is 14.7 Å². The molecule has 0 atom stereocenters. The maximum atomic E-state index is 12.4. The third kappa shape index (κ3) is 4.67. The lowest BCUT2D eigenvalue weighted by Gasteiger charge is -2.13. The quantitative estimate of drug-likeness (QED) is 0.812. The Morgan fingerprint density at radius 2 is 1.88 bits per heavy atom. The number of sulfonamides is 1. The molecule has 1 aliphatic rings. The molecule has 8 heteroatoms. The molecule has 2 aromatic rings. The van der Waals surface area contributed by atoms with Crippen LogP contribution in [0.4, 0.5) is 0 Å². The molecule has 0 bridgehead atoms. The van der Waals surface area contributed by atoms with Crippen LogP contribution in [0, 0.1) is 0 Å². The molecule has 1 saturated carbocycles. The summed E-state index contributed by atoms with van der Waals surface area (Å²) in [6.45, 7) is 0.0571. The van der Waals surface area contributed by atoms with Crippen LogP contribution in [0.5, 0.6) is 11.8 Å². The molecule has 0 amide bonds. The monoisotopic (exact) mass is 363 g/mol. The lowest BCUT2D eigenvalue weighted by atomic mass is 10.3. The summed E-state index contributed by atoms with van der Waals surface area (Å²) in [5, 5.41) is 0. The maximum Gasteiger partial charge on any atom is 0.316 e. The van der Waals surface area contributed by atoms with Crippen LogP contribution in [-0.4, -0.2) is 31.6 Å². The van der Waals surface area contributed by atoms with E-state index in [1.54, 1.807) is 30.3 Å². The molecule has 0 radical (unpaired) electrons. The van der Waals surface area contributed by atoms with Crippen molar-refractivity contribution in [3.63, 3.8) is 0 Å². The van der Waals surface area contributed by atoms with E-state index in [4.69, 9.17) is 9.47 Å². The number of benzene rings is 1. The zero-order chi connectivity index (χ0) is 17.7. The molecule has 25 heavy (non-hydrogen) atoms. The van der Waals surface area contributed by atoms with Crippen LogP contribution >= 0.6 is 0 Å². The van der Waals surface area contributed by atoms with Crippen molar-refractivity contribution in [2.45, 2.75) is 43.2 Å². The van der Waals surface area contributed by atoms with Gasteiger partial charge in [0.25, 0.3) is 0 Å². The fourth-order valence-electron chi connectivity index (χ4n) is 2.72. The van der Waals surface area contributed by atoms with Crippen LogP contribution in [0.15, 0.2) is 41.4 Å². The number of hydrogen-bond acceptors (Lipinski definition) is 6. The van der Waals surface area contributed by atoms with Crippen LogP contribution in [0.25, 0.3) is 0 Å². The van der Waals surface area contributed by atoms with Gasteiger partial charge >= 0.3 is 6.01 Å². The van der Waals surface area contributed by atoms with Crippen molar-refractivity contribution < 1.29 is 17.9 Å². The zero-order valence-corrected chi connectivity index (χ0v) is 14.8. The van der Waals surface area contributed by atoms with E-state index in [0.717, 1.165) is 12.8 Å². The molecule has 0 saturated heterocycles. The van der Waals surface area contributed by atoms with Gasteiger partial charge in [-0.3, -0.25) is 0 Å². The highest BCUT2D eigenvalue weighted by molar-refractivity contribution is 7.89. The first-order valence-corrected chi connectivity index (χ1v) is 9.67. The van der Waals surface area contributed by atoms with Crippen molar-refractivity contribution >= 4 is 10.0 Å². The highest BCUT2D eigenvalue weighted by Gasteiger charge is 2.18. The number of methoxy groups -OCH3 is 1. The molecular formula is C17H21N3O4S. The van der Waals surface area contributed by atoms with Crippen LogP contribution < -0.4 is 14.2 Å². The van der Waals surface area contributed by atoms with E-state index >= 15 is 0 Å². The van der Waals surface area contributed by atoms with E-state index in [1.165, 1.54) is 26.1 Å². The topological polar surface area (TPSA) is 90.4 Å². The molecule has 134 valence electrons. The summed E-state index contributed by atoms with van der Waals surface area (Å²) in [5.41, 5.74) is 0.525. The lowest BCUT2D eigenvalue weighted by Crippen LogP contribution is -2.23. The summed E-state index contributed by atoms with van der Waals surface area (Å²) >= 11 is 0. The van der Waals surface area contributed by atoms with Gasteiger partial charge in [0.15, 0.2) is 0 Å². The van der Waals surface area contributed by atoms with Crippen LogP contribution in [0.2, 0.25) is 0 Å². The van der Waals surface area contributed by atoms with Crippen molar-refractivity contribution in [1.29, 1.82) is 0 Å². The number of nitrogens with zero attached hydrogens (tertiary/aromatic N) is 2. The molecule has 1 N–H and O–H groups in total. The molecule has 3 rings (SSSR count). The Morgan fingerprint density at radius 3 is 2.56 bits per heavy atom. The maximum absolute atomic E-state index is 12.4. The van der Waals surface area contributed by atoms with Crippen LogP contribution in [-0.2, 0) is 16.6 Å². The number of hydrogen-bond donors (Lipinski definition) is 1. The fourth-order valence-corrected chi connectivity index (χ4v) is 3.72. The van der Waals surface area contributed by atoms with Gasteiger partial charge < -0.3 is 9.47 Å². The van der Waals surface area contributed by atoms with E-state index in [9.17, 15) is 8.42 Å². The summed E-state index contributed by atoms with van der Waals surface area (Å²) in [4.78, 5) is 8.15. The van der Waals surface area contributed by atoms with Gasteiger partial charge in [-0.05, 0) is 56.0 Å². The summed E-state index contributed by atoms with van der Waals surface area (Å²) in [6, 6.07) is 8.32. The molecule has 1 fully saturated rings. The second kappa shape index (κ2) is 7.79. The number of aromatic nitrogens is 2. The molecule has 1 heterocycles. The van der Waals surface area contributed by atoms with E-state index in [0.29, 0.717) is 11.4 Å². The van der Waals surface area contributed by atoms with E-state index in [1.807, 2.05) is 0 Å². The predicted octanol–water partition coefficient (Wildman–Crippen LogP) is 2.29. The van der Waals surface area contributed by atoms with Crippen molar-refractivity contribution in [2.24, 2.45) is 0 Å². The number of ether oxygens (including phenoxy) is 2. The third-order valence-corrected chi connectivity index (χ3v) is 5.47. The van der Waals surface area contributed by atoms with Crippen molar-refractivity contribution in [1.82, 2.24) is 14.7 Å². The van der Waals surface area contributed by atoms with Crippen molar-refractivity contribution in [3.8, 4) is 11.8 Å². The Balaban J connectivity index is 1.62. The minimum absolute atomic E-state index is 0.0571. The highest BCUT2D eigenvalue weighted by atomic mass is 32.2. The minimum Gasteiger partial charge on any atom is -0.490 e. The van der Waals surface area contributed by atoms with Crippen LogP contribution in [0.3, 0.4) is 0 Å². The molecule has 7 nitrogen and oxygen atoms in total. The Hall–Kier alpha value is -2.19. The second-order valence-corrected chi connectivity index (χ2v) is 7.62. The van der Waals surface area contributed by atoms with E-state index in [-0.39, 0.29) is 23.6 Å². The van der Waals surface area contributed by atoms with Gasteiger partial charge in [-0.15, -0.1) is 0 Å². The Bertz CT molecular complexity index is 803. The highest BCUT2D eigenvalue weighted by Crippen LogP contribution is 2.25. The summed E-state index contributed by atoms with van der Waals surface area (Å²) in [5.74, 6) is 0.700. The van der Waals surface area contributed by atoms with Gasteiger partial charge in [0.2, 0.25) is 10.0 Å². The average Bonchev–Trinajstić information content (AvgIpc) is 3.14. The summed E-state index contributed by atoms with van der Waals surface area (Å²) in [6.07, 6.45) is 6.26. The molecule has 0 spiro atoms. The van der Waals surface area contributed by atoms with Crippen LogP contribution in [0.1, 0.15) is 31.4 Å². The summed E-state index contributed by atoms with van der Waals surface area (Å²) in [7, 11) is -2.17. The second-order valence-electron chi connectivity index (χ2n) is 5.85. The third-order valence-electron chi connectivity index (χ3n) is 4.06. The zero-order valence-electron chi connectivity index (χ0n) is 14.0. The first-order chi connectivity index (χ1) is 12.1. The average molecular weight is 363 g/mol. The van der Waals surface area contributed by atoms with Crippen molar-refractivity contribution in [2.75, 3.05) is 7.11 Å². The van der Waals surface area contributed by atoms with Crippen molar-refractivity contribution in [3.05, 3.63) is 42.2 Å². The molecule has 1 aromatic heterocycles. The molecule has 1 aromatic carbocycles. The SMILES string of the molecule is COc1nccc(CNS(=O)(=O)c2ccc(OC3CCCC3)cc2)n1. The van der Waals surface area contributed by atoms with Gasteiger partial charge in [0.1, 0.15) is 5.75 Å². The molecular weight excluding hydrogens is 342 g/mol. The Morgan fingerprint density at radius 1 is 1.16 bits per heavy atom. The number of nitrogens with one attached hydrogen (secondary N) is 1. The first-order valence-electron chi connectivity index (χ1n) is 8.19. The van der Waals surface area contributed by atoms with Gasteiger partial charge in [0, 0.05) is 6.20 Å². The first kappa shape index (κ1) is 17.6. The van der Waals surface area contributed by atoms with E-state index < -0.39 is 10.0 Å². The largest absolute Gasteiger partial charge is 0.490 e. The lowest BCUT2D eigenvalue weighted by molar-refractivity contribution is 0.210. The fraction of sp³-hybridized carbons (Fsp3) is 0.412. The molecule has 1 aliphatic carbocycles. The Kier molecular flexibility index (Phi) is 5.50. The predicted molar refractivity (Wildman–Crippen MR) is 91.9 cm³/mol. The minimum atomic E-state index is -3.63. The van der Waals surface area contributed by atoms with Gasteiger partial charge in [0.05, 0.1) is 30.3 Å². The smallest absolute Gasteiger partial charge is 0.316 e. The van der Waals surface area contributed by atoms with Gasteiger partial charge in [-0.2, -0.15) is 4.98 Å². The molecule has 0 unspecified atom stereocenters. The standard InChI is InChI=1S/C17H21N3O4S/c1-23-17-18-11-10-13(20-17)12-19-25(21,22)16-8-6-15(7-9-16)24-14-4-2-3-5-14/h6-11,14,19H,2-5,12H2,1H3. The van der Waals surface area contributed by atoms with Gasteiger partial charge in [-0.1, -0.05) is 0 Å². The summed E-state index contributed by atoms with van der Waals surface area (Å²) < 4.78 is 38.1. The Labute approximate surface area is 147 Å².